The van der Waals surface area contributed by atoms with Crippen molar-refractivity contribution in [3.05, 3.63) is 0 Å². The van der Waals surface area contributed by atoms with Crippen LogP contribution in [0.2, 0.25) is 0 Å². The molecule has 2 atom stereocenters. The summed E-state index contributed by atoms with van der Waals surface area (Å²) in [6.07, 6.45) is 9.35. The number of ether oxygens (including phenoxy) is 2. The highest BCUT2D eigenvalue weighted by Gasteiger charge is 2.35. The van der Waals surface area contributed by atoms with Crippen LogP contribution >= 0.6 is 12.4 Å². The molecule has 0 unspecified atom stereocenters. The summed E-state index contributed by atoms with van der Waals surface area (Å²) >= 11 is 0. The van der Waals surface area contributed by atoms with Crippen LogP contribution in [-0.2, 0) is 14.3 Å². The third-order valence-corrected chi connectivity index (χ3v) is 5.09. The number of nitrogens with two attached hydrogens (primary N) is 1. The van der Waals surface area contributed by atoms with Crippen LogP contribution in [0.15, 0.2) is 0 Å². The molecular weight excluding hydrogens is 304 g/mol. The molecule has 1 amide bonds. The van der Waals surface area contributed by atoms with Crippen LogP contribution in [0.4, 0.5) is 0 Å². The van der Waals surface area contributed by atoms with Gasteiger partial charge in [0, 0.05) is 19.6 Å². The van der Waals surface area contributed by atoms with Gasteiger partial charge in [0.25, 0.3) is 5.91 Å². The lowest BCUT2D eigenvalue weighted by atomic mass is 10.1. The highest BCUT2D eigenvalue weighted by atomic mass is 35.5. The summed E-state index contributed by atoms with van der Waals surface area (Å²) < 4.78 is 11.9. The number of rotatable bonds is 4. The van der Waals surface area contributed by atoms with E-state index in [2.05, 4.69) is 0 Å². The number of piperidine rings is 1. The van der Waals surface area contributed by atoms with Crippen LogP contribution in [-0.4, -0.2) is 54.9 Å². The molecule has 22 heavy (non-hydrogen) atoms. The van der Waals surface area contributed by atoms with E-state index in [4.69, 9.17) is 15.2 Å². The lowest BCUT2D eigenvalue weighted by Crippen LogP contribution is -2.46. The molecule has 0 bridgehead atoms. The minimum Gasteiger partial charge on any atom is -0.375 e. The van der Waals surface area contributed by atoms with Crippen molar-refractivity contribution in [3.63, 3.8) is 0 Å². The summed E-state index contributed by atoms with van der Waals surface area (Å²) in [5.41, 5.74) is 5.60. The first kappa shape index (κ1) is 18.0. The molecule has 2 saturated heterocycles. The van der Waals surface area contributed by atoms with Crippen molar-refractivity contribution in [2.24, 2.45) is 5.73 Å². The molecule has 128 valence electrons. The standard InChI is InChI=1S/C16H28N2O3.ClH/c17-11-14-5-6-15(21-14)16(19)18-9-7-13(8-10-18)20-12-3-1-2-4-12;/h12-15H,1-11,17H2;1H/t14-,15+;/m1./s1. The highest BCUT2D eigenvalue weighted by molar-refractivity contribution is 5.85. The molecule has 0 aromatic heterocycles. The maximum atomic E-state index is 12.4. The molecule has 2 N–H and O–H groups in total. The maximum Gasteiger partial charge on any atom is 0.251 e. The van der Waals surface area contributed by atoms with Gasteiger partial charge in [0.15, 0.2) is 0 Å². The smallest absolute Gasteiger partial charge is 0.251 e. The van der Waals surface area contributed by atoms with Crippen LogP contribution in [0.3, 0.4) is 0 Å². The monoisotopic (exact) mass is 332 g/mol. The van der Waals surface area contributed by atoms with Gasteiger partial charge < -0.3 is 20.1 Å². The number of halogens is 1. The molecule has 2 heterocycles. The van der Waals surface area contributed by atoms with Crippen molar-refractivity contribution in [2.75, 3.05) is 19.6 Å². The fraction of sp³-hybridized carbons (Fsp3) is 0.938. The van der Waals surface area contributed by atoms with Gasteiger partial charge in [-0.1, -0.05) is 12.8 Å². The summed E-state index contributed by atoms with van der Waals surface area (Å²) in [4.78, 5) is 14.4. The van der Waals surface area contributed by atoms with Gasteiger partial charge in [-0.3, -0.25) is 4.79 Å². The van der Waals surface area contributed by atoms with Gasteiger partial charge in [-0.15, -0.1) is 12.4 Å². The van der Waals surface area contributed by atoms with Gasteiger partial charge in [0.1, 0.15) is 6.10 Å². The summed E-state index contributed by atoms with van der Waals surface area (Å²) in [7, 11) is 0. The number of hydrogen-bond donors (Lipinski definition) is 1. The van der Waals surface area contributed by atoms with E-state index >= 15 is 0 Å². The Labute approximate surface area is 139 Å². The first-order valence-electron chi connectivity index (χ1n) is 8.56. The van der Waals surface area contributed by atoms with E-state index in [1.165, 1.54) is 25.7 Å². The summed E-state index contributed by atoms with van der Waals surface area (Å²) in [6.45, 7) is 2.13. The first-order valence-corrected chi connectivity index (χ1v) is 8.56. The number of carbonyl (C=O) groups excluding carboxylic acids is 1. The molecule has 5 nitrogen and oxygen atoms in total. The zero-order valence-electron chi connectivity index (χ0n) is 13.2. The minimum absolute atomic E-state index is 0. The van der Waals surface area contributed by atoms with Crippen LogP contribution in [0, 0.1) is 0 Å². The summed E-state index contributed by atoms with van der Waals surface area (Å²) in [6, 6.07) is 0. The number of likely N-dealkylation sites (tertiary alicyclic amines) is 1. The quantitative estimate of drug-likeness (QED) is 0.853. The molecule has 0 radical (unpaired) electrons. The topological polar surface area (TPSA) is 64.8 Å². The lowest BCUT2D eigenvalue weighted by Gasteiger charge is -2.34. The van der Waals surface area contributed by atoms with Crippen molar-refractivity contribution < 1.29 is 14.3 Å². The second kappa shape index (κ2) is 8.48. The molecule has 0 aromatic rings. The fourth-order valence-electron chi connectivity index (χ4n) is 3.77. The van der Waals surface area contributed by atoms with E-state index in [9.17, 15) is 4.79 Å². The Balaban J connectivity index is 0.00000176. The molecule has 1 aliphatic carbocycles. The van der Waals surface area contributed by atoms with E-state index in [1.54, 1.807) is 0 Å². The van der Waals surface area contributed by atoms with Gasteiger partial charge in [-0.05, 0) is 38.5 Å². The van der Waals surface area contributed by atoms with Crippen molar-refractivity contribution in [1.29, 1.82) is 0 Å². The van der Waals surface area contributed by atoms with Gasteiger partial charge in [0.05, 0.1) is 18.3 Å². The average Bonchev–Trinajstić information content (AvgIpc) is 3.18. The van der Waals surface area contributed by atoms with Crippen LogP contribution < -0.4 is 5.73 Å². The molecule has 1 saturated carbocycles. The Hall–Kier alpha value is -0.360. The Kier molecular flexibility index (Phi) is 6.93. The Morgan fingerprint density at radius 1 is 1.05 bits per heavy atom. The molecule has 0 spiro atoms. The zero-order chi connectivity index (χ0) is 14.7. The molecule has 0 aromatic carbocycles. The van der Waals surface area contributed by atoms with E-state index < -0.39 is 0 Å². The molecule has 2 aliphatic heterocycles. The first-order chi connectivity index (χ1) is 10.3. The molecule has 3 rings (SSSR count). The highest BCUT2D eigenvalue weighted by Crippen LogP contribution is 2.27. The van der Waals surface area contributed by atoms with Gasteiger partial charge >= 0.3 is 0 Å². The van der Waals surface area contributed by atoms with Gasteiger partial charge in [-0.2, -0.15) is 0 Å². The lowest BCUT2D eigenvalue weighted by molar-refractivity contribution is -0.146. The van der Waals surface area contributed by atoms with E-state index in [0.29, 0.717) is 18.8 Å². The number of carbonyl (C=O) groups is 1. The zero-order valence-corrected chi connectivity index (χ0v) is 14.1. The van der Waals surface area contributed by atoms with Gasteiger partial charge in [0.2, 0.25) is 0 Å². The van der Waals surface area contributed by atoms with Crippen LogP contribution in [0.5, 0.6) is 0 Å². The Morgan fingerprint density at radius 2 is 1.68 bits per heavy atom. The normalized spacial score (nSPS) is 30.5. The van der Waals surface area contributed by atoms with Crippen molar-refractivity contribution in [1.82, 2.24) is 4.90 Å². The number of hydrogen-bond acceptors (Lipinski definition) is 4. The summed E-state index contributed by atoms with van der Waals surface area (Å²) in [5, 5.41) is 0. The number of amides is 1. The molecular formula is C16H29ClN2O3. The van der Waals surface area contributed by atoms with Crippen molar-refractivity contribution in [3.8, 4) is 0 Å². The SMILES string of the molecule is Cl.NC[C@H]1CC[C@@H](C(=O)N2CCC(OC3CCCC3)CC2)O1. The molecule has 3 aliphatic rings. The predicted molar refractivity (Wildman–Crippen MR) is 87.1 cm³/mol. The van der Waals surface area contributed by atoms with Crippen LogP contribution in [0.1, 0.15) is 51.4 Å². The fourth-order valence-corrected chi connectivity index (χ4v) is 3.77. The predicted octanol–water partition coefficient (Wildman–Crippen LogP) is 1.86. The van der Waals surface area contributed by atoms with E-state index in [0.717, 1.165) is 38.8 Å². The third-order valence-electron chi connectivity index (χ3n) is 5.09. The molecule has 6 heteroatoms. The maximum absolute atomic E-state index is 12.4. The second-order valence-corrected chi connectivity index (χ2v) is 6.63. The Bertz CT molecular complexity index is 355. The summed E-state index contributed by atoms with van der Waals surface area (Å²) in [5.74, 6) is 0.158. The van der Waals surface area contributed by atoms with Gasteiger partial charge in [-0.25, -0.2) is 0 Å². The number of nitrogens with zero attached hydrogens (tertiary/aromatic N) is 1. The van der Waals surface area contributed by atoms with Crippen molar-refractivity contribution in [2.45, 2.75) is 75.8 Å². The largest absolute Gasteiger partial charge is 0.375 e. The second-order valence-electron chi connectivity index (χ2n) is 6.63. The third kappa shape index (κ3) is 4.34. The van der Waals surface area contributed by atoms with E-state index in [1.807, 2.05) is 4.90 Å². The van der Waals surface area contributed by atoms with Crippen LogP contribution in [0.25, 0.3) is 0 Å². The molecule has 3 fully saturated rings. The Morgan fingerprint density at radius 3 is 2.27 bits per heavy atom. The average molecular weight is 333 g/mol. The van der Waals surface area contributed by atoms with Crippen molar-refractivity contribution >= 4 is 18.3 Å². The van der Waals surface area contributed by atoms with E-state index in [-0.39, 0.29) is 30.5 Å². The minimum atomic E-state index is -0.258.